The Hall–Kier alpha value is -2.51. The largest absolute Gasteiger partial charge is 0.456 e. The van der Waals surface area contributed by atoms with Gasteiger partial charge >= 0.3 is 5.97 Å². The molecule has 3 aromatic rings. The minimum Gasteiger partial charge on any atom is -0.456 e. The average Bonchev–Trinajstić information content (AvgIpc) is 3.09. The summed E-state index contributed by atoms with van der Waals surface area (Å²) in [5, 5.41) is 2.65. The standard InChI is InChI=1S/C18H15NO4S2/c1-25(21,22)16-10-6-5-9-15(16)18(20)23-11-14-12-24-17(19-14)13-7-3-2-4-8-13/h2-10,12H,11H2,1H3. The summed E-state index contributed by atoms with van der Waals surface area (Å²) in [6.45, 7) is -0.0136. The Kier molecular flexibility index (Phi) is 4.96. The van der Waals surface area contributed by atoms with Crippen LogP contribution < -0.4 is 0 Å². The molecule has 0 saturated carbocycles. The van der Waals surface area contributed by atoms with Crippen LogP contribution in [-0.4, -0.2) is 25.6 Å². The Morgan fingerprint density at radius 3 is 2.48 bits per heavy atom. The first-order chi connectivity index (χ1) is 11.9. The maximum absolute atomic E-state index is 12.3. The summed E-state index contributed by atoms with van der Waals surface area (Å²) in [5.41, 5.74) is 1.64. The van der Waals surface area contributed by atoms with E-state index in [9.17, 15) is 13.2 Å². The van der Waals surface area contributed by atoms with Crippen molar-refractivity contribution in [1.82, 2.24) is 4.98 Å². The summed E-state index contributed by atoms with van der Waals surface area (Å²) in [5.74, 6) is -0.685. The molecule has 0 aliphatic carbocycles. The highest BCUT2D eigenvalue weighted by molar-refractivity contribution is 7.90. The van der Waals surface area contributed by atoms with Crippen molar-refractivity contribution in [2.45, 2.75) is 11.5 Å². The number of rotatable bonds is 5. The van der Waals surface area contributed by atoms with E-state index in [0.29, 0.717) is 5.69 Å². The zero-order valence-electron chi connectivity index (χ0n) is 13.4. The number of esters is 1. The minimum atomic E-state index is -3.51. The second-order valence-corrected chi connectivity index (χ2v) is 8.20. The summed E-state index contributed by atoms with van der Waals surface area (Å²) >= 11 is 1.46. The summed E-state index contributed by atoms with van der Waals surface area (Å²) in [6, 6.07) is 15.7. The van der Waals surface area contributed by atoms with Crippen molar-refractivity contribution in [3.8, 4) is 10.6 Å². The zero-order chi connectivity index (χ0) is 17.9. The second kappa shape index (κ2) is 7.16. The molecule has 0 bridgehead atoms. The number of sulfone groups is 1. The van der Waals surface area contributed by atoms with Crippen LogP contribution in [0.2, 0.25) is 0 Å². The Morgan fingerprint density at radius 1 is 1.08 bits per heavy atom. The molecule has 0 atom stereocenters. The van der Waals surface area contributed by atoms with Gasteiger partial charge in [-0.15, -0.1) is 11.3 Å². The lowest BCUT2D eigenvalue weighted by atomic mass is 10.2. The minimum absolute atomic E-state index is 0.0136. The van der Waals surface area contributed by atoms with E-state index in [1.807, 2.05) is 35.7 Å². The van der Waals surface area contributed by atoms with Gasteiger partial charge in [-0.3, -0.25) is 0 Å². The average molecular weight is 373 g/mol. The van der Waals surface area contributed by atoms with Crippen LogP contribution in [0, 0.1) is 0 Å². The van der Waals surface area contributed by atoms with Crippen LogP contribution in [0.25, 0.3) is 10.6 Å². The van der Waals surface area contributed by atoms with Gasteiger partial charge in [0.2, 0.25) is 0 Å². The van der Waals surface area contributed by atoms with E-state index in [1.165, 1.54) is 23.5 Å². The molecule has 1 heterocycles. The maximum atomic E-state index is 12.3. The Balaban J connectivity index is 1.73. The van der Waals surface area contributed by atoms with E-state index in [4.69, 9.17) is 4.74 Å². The number of carbonyl (C=O) groups is 1. The van der Waals surface area contributed by atoms with Crippen molar-refractivity contribution < 1.29 is 17.9 Å². The van der Waals surface area contributed by atoms with Crippen LogP contribution >= 0.6 is 11.3 Å². The van der Waals surface area contributed by atoms with Crippen LogP contribution in [0.3, 0.4) is 0 Å². The molecule has 0 saturated heterocycles. The molecule has 128 valence electrons. The maximum Gasteiger partial charge on any atom is 0.339 e. The van der Waals surface area contributed by atoms with Gasteiger partial charge in [-0.2, -0.15) is 0 Å². The summed E-state index contributed by atoms with van der Waals surface area (Å²) in [6.07, 6.45) is 1.06. The molecule has 2 aromatic carbocycles. The molecule has 0 amide bonds. The molecular formula is C18H15NO4S2. The summed E-state index contributed by atoms with van der Waals surface area (Å²) in [7, 11) is -3.51. The fourth-order valence-corrected chi connectivity index (χ4v) is 3.95. The molecule has 0 fully saturated rings. The molecule has 7 heteroatoms. The van der Waals surface area contributed by atoms with E-state index in [2.05, 4.69) is 4.98 Å². The number of ether oxygens (including phenoxy) is 1. The number of thiazole rings is 1. The van der Waals surface area contributed by atoms with Crippen LogP contribution in [0.5, 0.6) is 0 Å². The van der Waals surface area contributed by atoms with Gasteiger partial charge in [-0.1, -0.05) is 42.5 Å². The summed E-state index contributed by atoms with van der Waals surface area (Å²) < 4.78 is 28.8. The van der Waals surface area contributed by atoms with Crippen LogP contribution in [0.1, 0.15) is 16.1 Å². The molecule has 0 N–H and O–H groups in total. The Bertz CT molecular complexity index is 995. The van der Waals surface area contributed by atoms with Crippen molar-refractivity contribution in [1.29, 1.82) is 0 Å². The topological polar surface area (TPSA) is 73.3 Å². The van der Waals surface area contributed by atoms with Crippen LogP contribution in [-0.2, 0) is 21.2 Å². The van der Waals surface area contributed by atoms with Gasteiger partial charge in [-0.25, -0.2) is 18.2 Å². The van der Waals surface area contributed by atoms with Gasteiger partial charge in [0.25, 0.3) is 0 Å². The predicted octanol–water partition coefficient (Wildman–Crippen LogP) is 3.57. The highest BCUT2D eigenvalue weighted by Crippen LogP contribution is 2.24. The van der Waals surface area contributed by atoms with Crippen LogP contribution in [0.15, 0.2) is 64.9 Å². The Labute approximate surface area is 149 Å². The van der Waals surface area contributed by atoms with Gasteiger partial charge in [-0.05, 0) is 12.1 Å². The lowest BCUT2D eigenvalue weighted by Crippen LogP contribution is -2.11. The highest BCUT2D eigenvalue weighted by atomic mass is 32.2. The van der Waals surface area contributed by atoms with Crippen molar-refractivity contribution >= 4 is 27.1 Å². The smallest absolute Gasteiger partial charge is 0.339 e. The van der Waals surface area contributed by atoms with Crippen molar-refractivity contribution in [3.05, 3.63) is 71.2 Å². The zero-order valence-corrected chi connectivity index (χ0v) is 15.0. The normalized spacial score (nSPS) is 11.2. The van der Waals surface area contributed by atoms with Gasteiger partial charge < -0.3 is 4.74 Å². The molecule has 0 aliphatic rings. The van der Waals surface area contributed by atoms with Gasteiger partial charge in [0.1, 0.15) is 11.6 Å². The lowest BCUT2D eigenvalue weighted by Gasteiger charge is -2.07. The molecule has 5 nitrogen and oxygen atoms in total. The number of hydrogen-bond donors (Lipinski definition) is 0. The molecule has 3 rings (SSSR count). The molecule has 0 radical (unpaired) electrons. The fraction of sp³-hybridized carbons (Fsp3) is 0.111. The first-order valence-corrected chi connectivity index (χ1v) is 10.2. The van der Waals surface area contributed by atoms with E-state index in [1.54, 1.807) is 12.1 Å². The third-order valence-electron chi connectivity index (χ3n) is 3.43. The third kappa shape index (κ3) is 4.12. The monoisotopic (exact) mass is 373 g/mol. The molecule has 1 aromatic heterocycles. The van der Waals surface area contributed by atoms with E-state index in [0.717, 1.165) is 16.8 Å². The van der Waals surface area contributed by atoms with Crippen molar-refractivity contribution in [3.63, 3.8) is 0 Å². The van der Waals surface area contributed by atoms with Crippen molar-refractivity contribution in [2.24, 2.45) is 0 Å². The molecule has 0 spiro atoms. The first kappa shape index (κ1) is 17.3. The summed E-state index contributed by atoms with van der Waals surface area (Å²) in [4.78, 5) is 16.7. The second-order valence-electron chi connectivity index (χ2n) is 5.35. The number of carbonyl (C=O) groups excluding carboxylic acids is 1. The number of nitrogens with zero attached hydrogens (tertiary/aromatic N) is 1. The molecule has 0 aliphatic heterocycles. The molecular weight excluding hydrogens is 358 g/mol. The molecule has 0 unspecified atom stereocenters. The predicted molar refractivity (Wildman–Crippen MR) is 96.2 cm³/mol. The van der Waals surface area contributed by atoms with Gasteiger partial charge in [0.15, 0.2) is 9.84 Å². The number of aromatic nitrogens is 1. The number of benzene rings is 2. The number of hydrogen-bond acceptors (Lipinski definition) is 6. The quantitative estimate of drug-likeness (QED) is 0.639. The van der Waals surface area contributed by atoms with E-state index >= 15 is 0 Å². The first-order valence-electron chi connectivity index (χ1n) is 7.41. The SMILES string of the molecule is CS(=O)(=O)c1ccccc1C(=O)OCc1csc(-c2ccccc2)n1. The van der Waals surface area contributed by atoms with Gasteiger partial charge in [0, 0.05) is 17.2 Å². The van der Waals surface area contributed by atoms with E-state index < -0.39 is 15.8 Å². The third-order valence-corrected chi connectivity index (χ3v) is 5.53. The highest BCUT2D eigenvalue weighted by Gasteiger charge is 2.19. The molecule has 25 heavy (non-hydrogen) atoms. The van der Waals surface area contributed by atoms with E-state index in [-0.39, 0.29) is 17.1 Å². The lowest BCUT2D eigenvalue weighted by molar-refractivity contribution is 0.0464. The fourth-order valence-electron chi connectivity index (χ4n) is 2.26. The van der Waals surface area contributed by atoms with Gasteiger partial charge in [0.05, 0.1) is 16.2 Å². The Morgan fingerprint density at radius 2 is 1.76 bits per heavy atom. The van der Waals surface area contributed by atoms with Crippen molar-refractivity contribution in [2.75, 3.05) is 6.26 Å². The van der Waals surface area contributed by atoms with Crippen LogP contribution in [0.4, 0.5) is 0 Å².